The number of carbonyl (C=O) groups excluding carboxylic acids is 2. The maximum Gasteiger partial charge on any atom is 0.238 e. The minimum absolute atomic E-state index is 0.000891. The van der Waals surface area contributed by atoms with Crippen molar-refractivity contribution in [3.63, 3.8) is 0 Å². The first kappa shape index (κ1) is 18.2. The molecule has 0 unspecified atom stereocenters. The van der Waals surface area contributed by atoms with Crippen LogP contribution in [-0.4, -0.2) is 56.7 Å². The third-order valence-corrected chi connectivity index (χ3v) is 5.71. The smallest absolute Gasteiger partial charge is 0.238 e. The summed E-state index contributed by atoms with van der Waals surface area (Å²) in [4.78, 5) is 25.6. The number of piperidine rings is 1. The molecule has 2 rings (SSSR count). The lowest BCUT2D eigenvalue weighted by molar-refractivity contribution is -0.134. The van der Waals surface area contributed by atoms with Gasteiger partial charge in [0.25, 0.3) is 0 Å². The lowest BCUT2D eigenvalue weighted by Gasteiger charge is -2.32. The summed E-state index contributed by atoms with van der Waals surface area (Å²) in [6, 6.07) is 0. The monoisotopic (exact) mass is 346 g/mol. The Labute approximate surface area is 137 Å². The van der Waals surface area contributed by atoms with Crippen molar-refractivity contribution >= 4 is 21.8 Å². The zero-order valence-electron chi connectivity index (χ0n) is 13.6. The van der Waals surface area contributed by atoms with E-state index in [9.17, 15) is 18.0 Å². The summed E-state index contributed by atoms with van der Waals surface area (Å²) in [6.45, 7) is 3.29. The second-order valence-electron chi connectivity index (χ2n) is 6.27. The van der Waals surface area contributed by atoms with Gasteiger partial charge in [-0.2, -0.15) is 0 Å². The molecule has 0 bridgehead atoms. The zero-order valence-corrected chi connectivity index (χ0v) is 14.4. The number of carbonyl (C=O) groups is 2. The van der Waals surface area contributed by atoms with Crippen LogP contribution in [-0.2, 0) is 24.3 Å². The van der Waals surface area contributed by atoms with Gasteiger partial charge in [-0.05, 0) is 32.1 Å². The van der Waals surface area contributed by atoms with E-state index >= 15 is 0 Å². The molecule has 0 radical (unpaired) electrons. The molecular formula is C15H26N2O5S. The first-order valence-corrected chi connectivity index (χ1v) is 10.00. The summed E-state index contributed by atoms with van der Waals surface area (Å²) in [5, 5.41) is 0. The number of nitrogens with one attached hydrogen (secondary N) is 1. The molecule has 7 nitrogen and oxygen atoms in total. The summed E-state index contributed by atoms with van der Waals surface area (Å²) in [5.41, 5.74) is 0. The highest BCUT2D eigenvalue weighted by atomic mass is 32.2. The van der Waals surface area contributed by atoms with E-state index in [-0.39, 0.29) is 17.8 Å². The summed E-state index contributed by atoms with van der Waals surface area (Å²) < 4.78 is 31.8. The molecule has 0 aromatic rings. The van der Waals surface area contributed by atoms with Crippen LogP contribution in [0.25, 0.3) is 0 Å². The van der Waals surface area contributed by atoms with Crippen molar-refractivity contribution in [2.24, 2.45) is 5.92 Å². The fraction of sp³-hybridized carbons (Fsp3) is 0.867. The van der Waals surface area contributed by atoms with Gasteiger partial charge in [0.15, 0.2) is 0 Å². The fourth-order valence-electron chi connectivity index (χ4n) is 3.10. The molecule has 0 aliphatic carbocycles. The first-order chi connectivity index (χ1) is 10.9. The second kappa shape index (κ2) is 8.10. The molecule has 0 spiro atoms. The topological polar surface area (TPSA) is 92.8 Å². The van der Waals surface area contributed by atoms with Crippen molar-refractivity contribution in [1.82, 2.24) is 9.62 Å². The molecule has 2 heterocycles. The molecule has 2 aliphatic rings. The van der Waals surface area contributed by atoms with Crippen molar-refractivity contribution in [3.8, 4) is 0 Å². The normalized spacial score (nSPS) is 25.9. The molecule has 132 valence electrons. The van der Waals surface area contributed by atoms with Gasteiger partial charge >= 0.3 is 0 Å². The van der Waals surface area contributed by atoms with E-state index in [1.165, 1.54) is 0 Å². The van der Waals surface area contributed by atoms with Gasteiger partial charge in [-0.1, -0.05) is 6.92 Å². The lowest BCUT2D eigenvalue weighted by Crippen LogP contribution is -2.47. The SMILES string of the molecule is CCC(=O)N1CCC[C@@H](C(=O)NS(=O)(=O)C[C@@H]2CCCCO2)C1. The second-order valence-corrected chi connectivity index (χ2v) is 8.04. The van der Waals surface area contributed by atoms with Crippen LogP contribution in [0.2, 0.25) is 0 Å². The van der Waals surface area contributed by atoms with Crippen molar-refractivity contribution in [2.75, 3.05) is 25.4 Å². The number of ether oxygens (including phenoxy) is 1. The minimum Gasteiger partial charge on any atom is -0.377 e. The van der Waals surface area contributed by atoms with E-state index in [1.54, 1.807) is 11.8 Å². The summed E-state index contributed by atoms with van der Waals surface area (Å²) in [6.07, 6.45) is 3.99. The van der Waals surface area contributed by atoms with E-state index in [2.05, 4.69) is 4.72 Å². The average Bonchev–Trinajstić information content (AvgIpc) is 2.54. The van der Waals surface area contributed by atoms with Gasteiger partial charge in [-0.25, -0.2) is 8.42 Å². The van der Waals surface area contributed by atoms with Gasteiger partial charge in [0, 0.05) is 26.1 Å². The predicted molar refractivity (Wildman–Crippen MR) is 85.1 cm³/mol. The molecule has 8 heteroatoms. The Morgan fingerprint density at radius 1 is 1.22 bits per heavy atom. The molecular weight excluding hydrogens is 320 g/mol. The highest BCUT2D eigenvalue weighted by molar-refractivity contribution is 7.90. The Kier molecular flexibility index (Phi) is 6.41. The Hall–Kier alpha value is -1.15. The fourth-order valence-corrected chi connectivity index (χ4v) is 4.41. The molecule has 2 fully saturated rings. The number of amides is 2. The molecule has 2 atom stereocenters. The van der Waals surface area contributed by atoms with Gasteiger partial charge in [-0.15, -0.1) is 0 Å². The molecule has 2 amide bonds. The quantitative estimate of drug-likeness (QED) is 0.789. The van der Waals surface area contributed by atoms with Gasteiger partial charge in [0.1, 0.15) is 0 Å². The van der Waals surface area contributed by atoms with Gasteiger partial charge in [0.2, 0.25) is 21.8 Å². The van der Waals surface area contributed by atoms with Gasteiger partial charge < -0.3 is 9.64 Å². The van der Waals surface area contributed by atoms with Crippen molar-refractivity contribution in [3.05, 3.63) is 0 Å². The summed E-state index contributed by atoms with van der Waals surface area (Å²) in [5.74, 6) is -1.14. The Morgan fingerprint density at radius 3 is 2.65 bits per heavy atom. The van der Waals surface area contributed by atoms with E-state index in [0.717, 1.165) is 19.3 Å². The van der Waals surface area contributed by atoms with Crippen molar-refractivity contribution in [1.29, 1.82) is 0 Å². The predicted octanol–water partition coefficient (Wildman–Crippen LogP) is 0.650. The molecule has 0 saturated carbocycles. The van der Waals surface area contributed by atoms with Gasteiger partial charge in [0.05, 0.1) is 17.8 Å². The Bertz CT molecular complexity index is 528. The van der Waals surface area contributed by atoms with Crippen LogP contribution in [0.15, 0.2) is 0 Å². The zero-order chi connectivity index (χ0) is 16.9. The first-order valence-electron chi connectivity index (χ1n) is 8.35. The highest BCUT2D eigenvalue weighted by Crippen LogP contribution is 2.18. The number of nitrogens with zero attached hydrogens (tertiary/aromatic N) is 1. The maximum atomic E-state index is 12.2. The standard InChI is InChI=1S/C15H26N2O5S/c1-2-14(18)17-8-5-6-12(10-17)15(19)16-23(20,21)11-13-7-3-4-9-22-13/h12-13H,2-11H2,1H3,(H,16,19)/t12-,13+/m1/s1. The average molecular weight is 346 g/mol. The third kappa shape index (κ3) is 5.46. The van der Waals surface area contributed by atoms with E-state index in [4.69, 9.17) is 4.74 Å². The van der Waals surface area contributed by atoms with Crippen LogP contribution < -0.4 is 4.72 Å². The maximum absolute atomic E-state index is 12.2. The van der Waals surface area contributed by atoms with E-state index in [0.29, 0.717) is 39.0 Å². The summed E-state index contributed by atoms with van der Waals surface area (Å²) >= 11 is 0. The Balaban J connectivity index is 1.88. The molecule has 0 aromatic heterocycles. The molecule has 2 saturated heterocycles. The van der Waals surface area contributed by atoms with Crippen LogP contribution in [0, 0.1) is 5.92 Å². The van der Waals surface area contributed by atoms with Crippen molar-refractivity contribution < 1.29 is 22.7 Å². The van der Waals surface area contributed by atoms with Crippen molar-refractivity contribution in [2.45, 2.75) is 51.6 Å². The summed E-state index contributed by atoms with van der Waals surface area (Å²) in [7, 11) is -3.70. The largest absolute Gasteiger partial charge is 0.377 e. The van der Waals surface area contributed by atoms with E-state index < -0.39 is 21.8 Å². The molecule has 1 N–H and O–H groups in total. The molecule has 0 aromatic carbocycles. The minimum atomic E-state index is -3.70. The molecule has 23 heavy (non-hydrogen) atoms. The van der Waals surface area contributed by atoms with Crippen LogP contribution in [0.3, 0.4) is 0 Å². The van der Waals surface area contributed by atoms with Crippen LogP contribution in [0.5, 0.6) is 0 Å². The Morgan fingerprint density at radius 2 is 2.00 bits per heavy atom. The lowest BCUT2D eigenvalue weighted by atomic mass is 9.97. The highest BCUT2D eigenvalue weighted by Gasteiger charge is 2.31. The van der Waals surface area contributed by atoms with Crippen LogP contribution in [0.4, 0.5) is 0 Å². The third-order valence-electron chi connectivity index (χ3n) is 4.38. The number of hydrogen-bond acceptors (Lipinski definition) is 5. The number of hydrogen-bond donors (Lipinski definition) is 1. The number of likely N-dealkylation sites (tertiary alicyclic amines) is 1. The number of rotatable bonds is 5. The van der Waals surface area contributed by atoms with E-state index in [1.807, 2.05) is 0 Å². The number of sulfonamides is 1. The van der Waals surface area contributed by atoms with Crippen LogP contribution >= 0.6 is 0 Å². The molecule has 2 aliphatic heterocycles. The van der Waals surface area contributed by atoms with Gasteiger partial charge in [-0.3, -0.25) is 14.3 Å². The van der Waals surface area contributed by atoms with Crippen LogP contribution in [0.1, 0.15) is 45.4 Å².